The Morgan fingerprint density at radius 3 is 2.52 bits per heavy atom. The highest BCUT2D eigenvalue weighted by molar-refractivity contribution is 7.89. The summed E-state index contributed by atoms with van der Waals surface area (Å²) < 4.78 is 31.0. The van der Waals surface area contributed by atoms with Crippen molar-refractivity contribution in [2.24, 2.45) is 5.16 Å². The fourth-order valence-electron chi connectivity index (χ4n) is 2.79. The monoisotopic (exact) mass is 340 g/mol. The summed E-state index contributed by atoms with van der Waals surface area (Å²) in [6, 6.07) is 8.25. The highest BCUT2D eigenvalue weighted by Crippen LogP contribution is 2.36. The summed E-state index contributed by atoms with van der Waals surface area (Å²) in [5.74, 6) is 0.0110. The summed E-state index contributed by atoms with van der Waals surface area (Å²) in [5.41, 5.74) is -0.673. The van der Waals surface area contributed by atoms with E-state index in [9.17, 15) is 13.2 Å². The minimum atomic E-state index is -3.53. The Morgan fingerprint density at radius 2 is 1.91 bits per heavy atom. The largest absolute Gasteiger partial charge is 0.512 e. The van der Waals surface area contributed by atoms with E-state index in [0.717, 1.165) is 0 Å². The van der Waals surface area contributed by atoms with Crippen LogP contribution in [0.5, 0.6) is 0 Å². The van der Waals surface area contributed by atoms with Crippen LogP contribution in [0.25, 0.3) is 0 Å². The molecule has 0 aromatic heterocycles. The van der Waals surface area contributed by atoms with Crippen LogP contribution in [0.2, 0.25) is 0 Å². The third kappa shape index (κ3) is 3.15. The van der Waals surface area contributed by atoms with Gasteiger partial charge in [0.2, 0.25) is 15.9 Å². The lowest BCUT2D eigenvalue weighted by molar-refractivity contribution is -0.0506. The molecule has 1 saturated heterocycles. The summed E-state index contributed by atoms with van der Waals surface area (Å²) in [7, 11) is -3.53. The normalized spacial score (nSPS) is 20.8. The number of nitrogens with zero attached hydrogens (tertiary/aromatic N) is 2. The first-order valence-corrected chi connectivity index (χ1v) is 8.56. The van der Waals surface area contributed by atoms with Crippen LogP contribution in [0.3, 0.4) is 0 Å². The molecule has 1 N–H and O–H groups in total. The number of carboxylic acid groups (broad SMARTS) is 1. The SMILES string of the molecule is O=C(O)OC1=NOC2(CCN(S(=O)(=O)c3ccccc3)CC2)C1. The van der Waals surface area contributed by atoms with Crippen LogP contribution in [-0.2, 0) is 19.6 Å². The summed E-state index contributed by atoms with van der Waals surface area (Å²) >= 11 is 0. The Hall–Kier alpha value is -2.13. The predicted molar refractivity (Wildman–Crippen MR) is 79.4 cm³/mol. The molecule has 1 spiro atoms. The molecule has 0 amide bonds. The van der Waals surface area contributed by atoms with Crippen molar-refractivity contribution in [3.63, 3.8) is 0 Å². The molecule has 2 aliphatic rings. The molecule has 1 fully saturated rings. The van der Waals surface area contributed by atoms with Gasteiger partial charge in [-0.25, -0.2) is 13.2 Å². The molecule has 1 aromatic carbocycles. The van der Waals surface area contributed by atoms with Gasteiger partial charge in [-0.1, -0.05) is 23.4 Å². The number of sulfonamides is 1. The summed E-state index contributed by atoms with van der Waals surface area (Å²) in [6.07, 6.45) is -0.351. The number of carbonyl (C=O) groups is 1. The number of hydrogen-bond acceptors (Lipinski definition) is 6. The van der Waals surface area contributed by atoms with Crippen LogP contribution in [0.1, 0.15) is 19.3 Å². The maximum atomic E-state index is 12.6. The van der Waals surface area contributed by atoms with Gasteiger partial charge in [0, 0.05) is 25.9 Å². The maximum Gasteiger partial charge on any atom is 0.512 e. The van der Waals surface area contributed by atoms with Gasteiger partial charge in [0.05, 0.1) is 11.3 Å². The number of benzene rings is 1. The number of piperidine rings is 1. The molecule has 0 saturated carbocycles. The van der Waals surface area contributed by atoms with E-state index in [0.29, 0.717) is 12.8 Å². The zero-order chi connectivity index (χ0) is 16.5. The molecule has 0 bridgehead atoms. The summed E-state index contributed by atoms with van der Waals surface area (Å²) in [6.45, 7) is 0.570. The van der Waals surface area contributed by atoms with E-state index in [1.54, 1.807) is 30.3 Å². The van der Waals surface area contributed by atoms with Crippen LogP contribution >= 0.6 is 0 Å². The van der Waals surface area contributed by atoms with Gasteiger partial charge in [-0.3, -0.25) is 0 Å². The first kappa shape index (κ1) is 15.8. The van der Waals surface area contributed by atoms with Gasteiger partial charge in [-0.2, -0.15) is 4.31 Å². The molecule has 0 atom stereocenters. The zero-order valence-electron chi connectivity index (χ0n) is 12.2. The fourth-order valence-corrected chi connectivity index (χ4v) is 4.25. The van der Waals surface area contributed by atoms with E-state index < -0.39 is 21.8 Å². The molecule has 3 rings (SSSR count). The molecule has 1 aromatic rings. The van der Waals surface area contributed by atoms with Crippen molar-refractivity contribution < 1.29 is 27.9 Å². The molecule has 0 unspecified atom stereocenters. The van der Waals surface area contributed by atoms with E-state index in [1.165, 1.54) is 4.31 Å². The molecule has 23 heavy (non-hydrogen) atoms. The minimum Gasteiger partial charge on any atom is -0.449 e. The highest BCUT2D eigenvalue weighted by atomic mass is 32.2. The van der Waals surface area contributed by atoms with E-state index in [2.05, 4.69) is 9.89 Å². The lowest BCUT2D eigenvalue weighted by Gasteiger charge is -2.36. The molecule has 0 radical (unpaired) electrons. The van der Waals surface area contributed by atoms with Gasteiger partial charge < -0.3 is 14.7 Å². The molecule has 8 nitrogen and oxygen atoms in total. The van der Waals surface area contributed by atoms with E-state index in [-0.39, 0.29) is 30.3 Å². The number of hydrogen-bond donors (Lipinski definition) is 1. The molecule has 2 heterocycles. The van der Waals surface area contributed by atoms with Crippen molar-refractivity contribution in [2.45, 2.75) is 29.8 Å². The quantitative estimate of drug-likeness (QED) is 0.821. The Balaban J connectivity index is 1.65. The van der Waals surface area contributed by atoms with Gasteiger partial charge in [-0.15, -0.1) is 0 Å². The number of rotatable bonds is 2. The molecular formula is C14H16N2O6S. The Kier molecular flexibility index (Phi) is 3.99. The molecular weight excluding hydrogens is 324 g/mol. The first-order valence-electron chi connectivity index (χ1n) is 7.12. The topological polar surface area (TPSA) is 106 Å². The second kappa shape index (κ2) is 5.82. The number of oxime groups is 1. The first-order chi connectivity index (χ1) is 10.9. The highest BCUT2D eigenvalue weighted by Gasteiger charge is 2.45. The smallest absolute Gasteiger partial charge is 0.449 e. The average Bonchev–Trinajstić information content (AvgIpc) is 2.90. The molecule has 0 aliphatic carbocycles. The van der Waals surface area contributed by atoms with Gasteiger partial charge >= 0.3 is 6.16 Å². The maximum absolute atomic E-state index is 12.6. The average molecular weight is 340 g/mol. The predicted octanol–water partition coefficient (Wildman–Crippen LogP) is 1.64. The standard InChI is InChI=1S/C14H16N2O6S/c17-13(18)21-12-10-14(22-15-12)6-8-16(9-7-14)23(19,20)11-4-2-1-3-5-11/h1-5H,6-10H2,(H,17,18). The lowest BCUT2D eigenvalue weighted by Crippen LogP contribution is -2.46. The van der Waals surface area contributed by atoms with Crippen LogP contribution in [0.4, 0.5) is 4.79 Å². The second-order valence-electron chi connectivity index (χ2n) is 5.52. The van der Waals surface area contributed by atoms with Crippen LogP contribution in [-0.4, -0.2) is 48.6 Å². The van der Waals surface area contributed by atoms with Crippen LogP contribution < -0.4 is 0 Å². The molecule has 2 aliphatic heterocycles. The Labute approximate surface area is 133 Å². The molecule has 124 valence electrons. The summed E-state index contributed by atoms with van der Waals surface area (Å²) in [4.78, 5) is 16.1. The van der Waals surface area contributed by atoms with Gasteiger partial charge in [0.15, 0.2) is 0 Å². The van der Waals surface area contributed by atoms with Gasteiger partial charge in [0.1, 0.15) is 5.60 Å². The number of ether oxygens (including phenoxy) is 1. The van der Waals surface area contributed by atoms with Crippen molar-refractivity contribution in [2.75, 3.05) is 13.1 Å². The van der Waals surface area contributed by atoms with Gasteiger partial charge in [0.25, 0.3) is 0 Å². The van der Waals surface area contributed by atoms with Crippen molar-refractivity contribution in [3.05, 3.63) is 30.3 Å². The van der Waals surface area contributed by atoms with Crippen LogP contribution in [0, 0.1) is 0 Å². The Morgan fingerprint density at radius 1 is 1.26 bits per heavy atom. The molecule has 9 heteroatoms. The van der Waals surface area contributed by atoms with E-state index in [4.69, 9.17) is 9.94 Å². The van der Waals surface area contributed by atoms with Crippen molar-refractivity contribution >= 4 is 22.1 Å². The van der Waals surface area contributed by atoms with Crippen molar-refractivity contribution in [1.29, 1.82) is 0 Å². The second-order valence-corrected chi connectivity index (χ2v) is 7.46. The third-order valence-corrected chi connectivity index (χ3v) is 5.95. The van der Waals surface area contributed by atoms with E-state index in [1.807, 2.05) is 0 Å². The van der Waals surface area contributed by atoms with Gasteiger partial charge in [-0.05, 0) is 12.1 Å². The fraction of sp³-hybridized carbons (Fsp3) is 0.429. The Bertz CT molecular complexity index is 723. The third-order valence-electron chi connectivity index (χ3n) is 4.03. The van der Waals surface area contributed by atoms with E-state index >= 15 is 0 Å². The van der Waals surface area contributed by atoms with Crippen molar-refractivity contribution in [1.82, 2.24) is 4.31 Å². The zero-order valence-corrected chi connectivity index (χ0v) is 13.0. The summed E-state index contributed by atoms with van der Waals surface area (Å²) in [5, 5.41) is 12.2. The van der Waals surface area contributed by atoms with Crippen LogP contribution in [0.15, 0.2) is 40.4 Å². The minimum absolute atomic E-state index is 0.0110. The van der Waals surface area contributed by atoms with Crippen molar-refractivity contribution in [3.8, 4) is 0 Å². The lowest BCUT2D eigenvalue weighted by atomic mass is 9.89.